The minimum atomic E-state index is -0.547. The Balaban J connectivity index is 0. The molecule has 0 aliphatic rings. The minimum absolute atomic E-state index is 0. The number of benzene rings is 2. The van der Waals surface area contributed by atoms with E-state index in [9.17, 15) is 30.4 Å². The zero-order valence-corrected chi connectivity index (χ0v) is 26.5. The van der Waals surface area contributed by atoms with Crippen molar-refractivity contribution >= 4 is 59.4 Å². The van der Waals surface area contributed by atoms with Crippen LogP contribution in [-0.2, 0) is 59.4 Å². The van der Waals surface area contributed by atoms with E-state index in [1.54, 1.807) is 0 Å². The van der Waals surface area contributed by atoms with E-state index >= 15 is 0 Å². The molecule has 2 aromatic carbocycles. The fourth-order valence-corrected chi connectivity index (χ4v) is 3.52. The number of amidine groups is 2. The van der Waals surface area contributed by atoms with Crippen molar-refractivity contribution in [3.8, 4) is 11.5 Å². The summed E-state index contributed by atoms with van der Waals surface area (Å²) in [5.41, 5.74) is 0.168. The number of aromatic hydroxyl groups is 2. The van der Waals surface area contributed by atoms with Crippen LogP contribution in [0, 0.1) is 20.2 Å². The molecular weight excluding hydrogens is 688 g/mol. The van der Waals surface area contributed by atoms with Crippen molar-refractivity contribution in [3.63, 3.8) is 0 Å². The topological polar surface area (TPSA) is 183 Å². The van der Waals surface area contributed by atoms with E-state index in [1.165, 1.54) is 48.8 Å². The Morgan fingerprint density at radius 1 is 0.738 bits per heavy atom. The smallest absolute Gasteiger partial charge is 0.741 e. The first kappa shape index (κ1) is 40.7. The number of nitro benzene ring substituents is 2. The number of phenolic OH excluding ortho intramolecular Hbond substituents is 2. The Hall–Kier alpha value is -3.40. The summed E-state index contributed by atoms with van der Waals surface area (Å²) in [6, 6.07) is 7.34. The molecule has 0 atom stereocenters. The molecule has 0 saturated heterocycles. The molecule has 14 nitrogen and oxygen atoms in total. The molecule has 0 bridgehead atoms. The van der Waals surface area contributed by atoms with Gasteiger partial charge in [0.1, 0.15) is 11.5 Å². The van der Waals surface area contributed by atoms with E-state index in [2.05, 4.69) is 20.4 Å². The molecule has 0 aromatic heterocycles. The first-order chi connectivity index (χ1) is 19.0. The number of hydrogen-bond donors (Lipinski definition) is 2. The molecule has 18 heteroatoms. The third-order valence-corrected chi connectivity index (χ3v) is 5.87. The summed E-state index contributed by atoms with van der Waals surface area (Å²) in [5, 5.41) is 56.3. The predicted octanol–water partition coefficient (Wildman–Crippen LogP) is 3.75. The van der Waals surface area contributed by atoms with Gasteiger partial charge in [0, 0.05) is 71.9 Å². The van der Waals surface area contributed by atoms with Crippen molar-refractivity contribution in [2.75, 3.05) is 26.2 Å². The molecule has 42 heavy (non-hydrogen) atoms. The van der Waals surface area contributed by atoms with E-state index in [1.807, 2.05) is 37.5 Å². The number of hydrogen-bond acceptors (Lipinski definition) is 12. The second kappa shape index (κ2) is 21.3. The minimum Gasteiger partial charge on any atom is -0.741 e. The molecule has 0 aliphatic heterocycles. The average molecular weight is 718 g/mol. The van der Waals surface area contributed by atoms with Crippen LogP contribution in [0.3, 0.4) is 0 Å². The summed E-state index contributed by atoms with van der Waals surface area (Å²) in [6.45, 7) is 10.7. The molecule has 2 aromatic rings. The van der Waals surface area contributed by atoms with E-state index in [4.69, 9.17) is 25.3 Å². The van der Waals surface area contributed by atoms with Crippen molar-refractivity contribution in [1.82, 2.24) is 9.80 Å². The third kappa shape index (κ3) is 13.5. The van der Waals surface area contributed by atoms with Crippen LogP contribution >= 0.6 is 0 Å². The first-order valence-electron chi connectivity index (χ1n) is 12.0. The monoisotopic (exact) mass is 716 g/mol. The summed E-state index contributed by atoms with van der Waals surface area (Å²) in [7, 11) is 0. The molecule has 0 aliphatic carbocycles. The quantitative estimate of drug-likeness (QED) is 0.0917. The van der Waals surface area contributed by atoms with E-state index in [-0.39, 0.29) is 68.1 Å². The Labute approximate surface area is 275 Å². The molecule has 2 rings (SSSR count). The number of nitrogens with zero attached hydrogens (tertiary/aromatic N) is 8. The van der Waals surface area contributed by atoms with Gasteiger partial charge in [-0.15, -0.1) is 0 Å². The van der Waals surface area contributed by atoms with Gasteiger partial charge < -0.3 is 45.3 Å². The van der Waals surface area contributed by atoms with Gasteiger partial charge in [0.15, 0.2) is 0 Å². The van der Waals surface area contributed by atoms with E-state index in [0.717, 1.165) is 26.2 Å². The zero-order chi connectivity index (χ0) is 30.2. The largest absolute Gasteiger partial charge is 1.00 e. The number of phenols is 2. The van der Waals surface area contributed by atoms with Gasteiger partial charge in [-0.1, -0.05) is 0 Å². The molecule has 236 valence electrons. The molecule has 0 spiro atoms. The maximum Gasteiger partial charge on any atom is 1.00 e. The molecule has 0 fully saturated rings. The molecule has 0 unspecified atom stereocenters. The van der Waals surface area contributed by atoms with Crippen LogP contribution in [-0.4, -0.2) is 78.8 Å². The Morgan fingerprint density at radius 3 is 1.31 bits per heavy atom. The van der Waals surface area contributed by atoms with Gasteiger partial charge in [0.25, 0.3) is 11.4 Å². The molecular formula is C24H30Cu2N8O6S2. The van der Waals surface area contributed by atoms with Gasteiger partial charge in [-0.25, -0.2) is 0 Å². The zero-order valence-electron chi connectivity index (χ0n) is 23.0. The van der Waals surface area contributed by atoms with Crippen LogP contribution in [0.15, 0.2) is 56.8 Å². The summed E-state index contributed by atoms with van der Waals surface area (Å²) < 4.78 is 0. The maximum absolute atomic E-state index is 10.6. The SMILES string of the molecule is CCN(CC)/C([S-])=N/N=C/c1cc([N+](=O)[O-])ccc1O.CCN(CC)/C([S-])=N/N=C/c1cc([N+](=O)[O-])ccc1O.[Cu+].[Cu+]. The van der Waals surface area contributed by atoms with Crippen LogP contribution in [0.1, 0.15) is 38.8 Å². The molecule has 0 heterocycles. The van der Waals surface area contributed by atoms with Gasteiger partial charge in [-0.05, 0) is 39.8 Å². The first-order valence-corrected chi connectivity index (χ1v) is 12.8. The summed E-state index contributed by atoms with van der Waals surface area (Å²) >= 11 is 10.1. The number of nitro groups is 2. The summed E-state index contributed by atoms with van der Waals surface area (Å²) in [6.07, 6.45) is 2.47. The molecule has 0 saturated carbocycles. The van der Waals surface area contributed by atoms with Gasteiger partial charge in [-0.2, -0.15) is 20.4 Å². The Kier molecular flexibility index (Phi) is 20.7. The number of non-ortho nitro benzene ring substituents is 2. The van der Waals surface area contributed by atoms with Crippen molar-refractivity contribution in [2.45, 2.75) is 27.7 Å². The normalized spacial score (nSPS) is 11.2. The number of rotatable bonds is 10. The van der Waals surface area contributed by atoms with E-state index in [0.29, 0.717) is 10.3 Å². The van der Waals surface area contributed by atoms with Crippen LogP contribution in [0.4, 0.5) is 11.4 Å². The van der Waals surface area contributed by atoms with Gasteiger partial charge in [-0.3, -0.25) is 20.2 Å². The fraction of sp³-hybridized carbons (Fsp3) is 0.333. The average Bonchev–Trinajstić information content (AvgIpc) is 2.92. The maximum atomic E-state index is 10.6. The summed E-state index contributed by atoms with van der Waals surface area (Å²) in [4.78, 5) is 23.9. The predicted molar refractivity (Wildman–Crippen MR) is 160 cm³/mol. The molecule has 2 N–H and O–H groups in total. The summed E-state index contributed by atoms with van der Waals surface area (Å²) in [5.74, 6) is -0.216. The second-order valence-electron chi connectivity index (χ2n) is 7.60. The molecule has 0 radical (unpaired) electrons. The Morgan fingerprint density at radius 2 is 1.05 bits per heavy atom. The van der Waals surface area contributed by atoms with Gasteiger partial charge >= 0.3 is 34.1 Å². The second-order valence-corrected chi connectivity index (χ2v) is 8.33. The third-order valence-electron chi connectivity index (χ3n) is 5.19. The van der Waals surface area contributed by atoms with Crippen LogP contribution in [0.2, 0.25) is 0 Å². The van der Waals surface area contributed by atoms with Crippen molar-refractivity contribution < 1.29 is 54.2 Å². The van der Waals surface area contributed by atoms with Crippen molar-refractivity contribution in [1.29, 1.82) is 0 Å². The Bertz CT molecular complexity index is 1190. The fourth-order valence-electron chi connectivity index (χ4n) is 2.91. The van der Waals surface area contributed by atoms with Crippen molar-refractivity contribution in [2.24, 2.45) is 20.4 Å². The molecule has 0 amide bonds. The van der Waals surface area contributed by atoms with Gasteiger partial charge in [0.2, 0.25) is 0 Å². The van der Waals surface area contributed by atoms with E-state index < -0.39 is 9.85 Å². The van der Waals surface area contributed by atoms with Gasteiger partial charge in [0.05, 0.1) is 22.3 Å². The van der Waals surface area contributed by atoms with Crippen LogP contribution in [0.5, 0.6) is 11.5 Å². The standard InChI is InChI=1S/2C12H16N4O3S.2Cu/c2*1-3-15(4-2)12(20)14-13-8-9-7-10(16(18)19)5-6-11(9)17;;/h2*5-8,17H,3-4H2,1-2H3,(H,14,20);;/q;;2*+1/p-2/b2*13-8+;;. The van der Waals surface area contributed by atoms with Crippen molar-refractivity contribution in [3.05, 3.63) is 67.8 Å². The van der Waals surface area contributed by atoms with Crippen LogP contribution < -0.4 is 0 Å². The van der Waals surface area contributed by atoms with Crippen LogP contribution in [0.25, 0.3) is 0 Å².